The van der Waals surface area contributed by atoms with Gasteiger partial charge in [-0.2, -0.15) is 0 Å². The molecule has 2 nitrogen and oxygen atoms in total. The van der Waals surface area contributed by atoms with Gasteiger partial charge in [0, 0.05) is 24.7 Å². The van der Waals surface area contributed by atoms with E-state index in [2.05, 4.69) is 0 Å². The van der Waals surface area contributed by atoms with Crippen molar-refractivity contribution >= 4 is 11.6 Å². The van der Waals surface area contributed by atoms with E-state index >= 15 is 0 Å². The highest BCUT2D eigenvalue weighted by Gasteiger charge is 2.43. The van der Waals surface area contributed by atoms with Gasteiger partial charge in [0.25, 0.3) is 0 Å². The van der Waals surface area contributed by atoms with E-state index < -0.39 is 0 Å². The Hall–Kier alpha value is -0.660. The fourth-order valence-electron chi connectivity index (χ4n) is 2.14. The third-order valence-corrected chi connectivity index (χ3v) is 2.72. The van der Waals surface area contributed by atoms with E-state index in [4.69, 9.17) is 0 Å². The molecule has 2 saturated carbocycles. The molecule has 0 heterocycles. The van der Waals surface area contributed by atoms with Gasteiger partial charge in [-0.05, 0) is 12.8 Å². The molecule has 0 unspecified atom stereocenters. The van der Waals surface area contributed by atoms with Crippen LogP contribution in [0.4, 0.5) is 0 Å². The summed E-state index contributed by atoms with van der Waals surface area (Å²) in [6.07, 6.45) is 2.98. The molecule has 0 aromatic carbocycles. The molecular formula is C8H10O2. The molecule has 2 aliphatic carbocycles. The number of rotatable bonds is 0. The van der Waals surface area contributed by atoms with E-state index in [9.17, 15) is 9.59 Å². The Morgan fingerprint density at radius 3 is 1.70 bits per heavy atom. The summed E-state index contributed by atoms with van der Waals surface area (Å²) in [5, 5.41) is 0. The van der Waals surface area contributed by atoms with Gasteiger partial charge in [-0.3, -0.25) is 9.59 Å². The molecule has 0 aromatic heterocycles. The number of carbonyl (C=O) groups is 2. The zero-order valence-electron chi connectivity index (χ0n) is 5.80. The van der Waals surface area contributed by atoms with Crippen molar-refractivity contribution < 1.29 is 9.59 Å². The lowest BCUT2D eigenvalue weighted by molar-refractivity contribution is -0.124. The first-order valence-corrected chi connectivity index (χ1v) is 3.84. The lowest BCUT2D eigenvalue weighted by Crippen LogP contribution is -2.11. The normalized spacial score (nSPS) is 38.8. The zero-order chi connectivity index (χ0) is 7.14. The summed E-state index contributed by atoms with van der Waals surface area (Å²) in [5.74, 6) is 0.923. The van der Waals surface area contributed by atoms with Crippen LogP contribution in [0.1, 0.15) is 25.7 Å². The topological polar surface area (TPSA) is 34.1 Å². The van der Waals surface area contributed by atoms with Crippen LogP contribution < -0.4 is 0 Å². The van der Waals surface area contributed by atoms with E-state index in [0.29, 0.717) is 24.4 Å². The van der Waals surface area contributed by atoms with Gasteiger partial charge in [0.1, 0.15) is 11.6 Å². The second kappa shape index (κ2) is 1.91. The molecule has 0 saturated heterocycles. The summed E-state index contributed by atoms with van der Waals surface area (Å²) >= 11 is 0. The van der Waals surface area contributed by atoms with Gasteiger partial charge in [-0.1, -0.05) is 0 Å². The van der Waals surface area contributed by atoms with E-state index in [1.54, 1.807) is 0 Å². The molecule has 2 heteroatoms. The first kappa shape index (κ1) is 6.08. The average molecular weight is 138 g/mol. The van der Waals surface area contributed by atoms with Crippen molar-refractivity contribution in [1.29, 1.82) is 0 Å². The SMILES string of the molecule is O=C1CC[C@H]2C(=O)CC[C@H]12. The Labute approximate surface area is 59.6 Å². The molecule has 2 aliphatic rings. The fraction of sp³-hybridized carbons (Fsp3) is 0.750. The fourth-order valence-corrected chi connectivity index (χ4v) is 2.14. The quantitative estimate of drug-likeness (QED) is 0.499. The number of hydrogen-bond donors (Lipinski definition) is 0. The minimum atomic E-state index is 0.132. The lowest BCUT2D eigenvalue weighted by Gasteiger charge is -2.01. The number of fused-ring (bicyclic) bond motifs is 1. The molecule has 0 aliphatic heterocycles. The molecule has 2 rings (SSSR count). The standard InChI is InChI=1S/C8H10O2/c9-7-3-1-5-6(7)2-4-8(5)10/h5-6H,1-4H2/t5-,6+. The summed E-state index contributed by atoms with van der Waals surface area (Å²) in [7, 11) is 0. The maximum atomic E-state index is 11.0. The van der Waals surface area contributed by atoms with Crippen LogP contribution in [-0.4, -0.2) is 11.6 Å². The first-order valence-electron chi connectivity index (χ1n) is 3.84. The highest BCUT2D eigenvalue weighted by atomic mass is 16.1. The smallest absolute Gasteiger partial charge is 0.136 e. The van der Waals surface area contributed by atoms with Crippen molar-refractivity contribution in [3.8, 4) is 0 Å². The lowest BCUT2D eigenvalue weighted by atomic mass is 10.00. The second-order valence-corrected chi connectivity index (χ2v) is 3.22. The van der Waals surface area contributed by atoms with E-state index in [1.165, 1.54) is 0 Å². The van der Waals surface area contributed by atoms with Gasteiger partial charge in [-0.25, -0.2) is 0 Å². The van der Waals surface area contributed by atoms with Crippen LogP contribution in [0.3, 0.4) is 0 Å². The summed E-state index contributed by atoms with van der Waals surface area (Å²) in [4.78, 5) is 22.1. The Morgan fingerprint density at radius 1 is 0.900 bits per heavy atom. The zero-order valence-corrected chi connectivity index (χ0v) is 5.80. The second-order valence-electron chi connectivity index (χ2n) is 3.22. The van der Waals surface area contributed by atoms with E-state index in [-0.39, 0.29) is 11.8 Å². The van der Waals surface area contributed by atoms with Crippen LogP contribution in [0.5, 0.6) is 0 Å². The van der Waals surface area contributed by atoms with Crippen LogP contribution in [0, 0.1) is 11.8 Å². The summed E-state index contributed by atoms with van der Waals surface area (Å²) < 4.78 is 0. The highest BCUT2D eigenvalue weighted by molar-refractivity contribution is 5.95. The van der Waals surface area contributed by atoms with Crippen LogP contribution in [0.2, 0.25) is 0 Å². The van der Waals surface area contributed by atoms with Crippen molar-refractivity contribution in [2.75, 3.05) is 0 Å². The third kappa shape index (κ3) is 0.648. The monoisotopic (exact) mass is 138 g/mol. The highest BCUT2D eigenvalue weighted by Crippen LogP contribution is 2.39. The average Bonchev–Trinajstić information content (AvgIpc) is 2.41. The number of ketones is 2. The maximum absolute atomic E-state index is 11.0. The molecule has 0 bridgehead atoms. The molecule has 0 radical (unpaired) electrons. The Bertz CT molecular complexity index is 173. The molecule has 10 heavy (non-hydrogen) atoms. The summed E-state index contributed by atoms with van der Waals surface area (Å²) in [6.45, 7) is 0. The van der Waals surface area contributed by atoms with Gasteiger partial charge in [0.2, 0.25) is 0 Å². The molecule has 2 atom stereocenters. The van der Waals surface area contributed by atoms with Crippen LogP contribution in [-0.2, 0) is 9.59 Å². The minimum absolute atomic E-state index is 0.132. The van der Waals surface area contributed by atoms with Crippen LogP contribution in [0.25, 0.3) is 0 Å². The maximum Gasteiger partial charge on any atom is 0.136 e. The number of carbonyl (C=O) groups excluding carboxylic acids is 2. The van der Waals surface area contributed by atoms with E-state index in [0.717, 1.165) is 12.8 Å². The number of Topliss-reactive ketones (excluding diaryl/α,β-unsaturated/α-hetero) is 2. The van der Waals surface area contributed by atoms with E-state index in [1.807, 2.05) is 0 Å². The molecular weight excluding hydrogens is 128 g/mol. The molecule has 0 aromatic rings. The third-order valence-electron chi connectivity index (χ3n) is 2.72. The van der Waals surface area contributed by atoms with Crippen LogP contribution >= 0.6 is 0 Å². The molecule has 54 valence electrons. The van der Waals surface area contributed by atoms with Crippen molar-refractivity contribution in [3.63, 3.8) is 0 Å². The predicted octanol–water partition coefficient (Wildman–Crippen LogP) is 0.945. The predicted molar refractivity (Wildman–Crippen MR) is 35.5 cm³/mol. The Morgan fingerprint density at radius 2 is 1.30 bits per heavy atom. The molecule has 2 fully saturated rings. The Kier molecular flexibility index (Phi) is 1.16. The summed E-state index contributed by atoms with van der Waals surface area (Å²) in [6, 6.07) is 0. The Balaban J connectivity index is 2.24. The van der Waals surface area contributed by atoms with Gasteiger partial charge < -0.3 is 0 Å². The first-order chi connectivity index (χ1) is 4.79. The number of hydrogen-bond acceptors (Lipinski definition) is 2. The molecule has 0 N–H and O–H groups in total. The minimum Gasteiger partial charge on any atom is -0.299 e. The van der Waals surface area contributed by atoms with Crippen molar-refractivity contribution in [2.24, 2.45) is 11.8 Å². The van der Waals surface area contributed by atoms with Crippen molar-refractivity contribution in [2.45, 2.75) is 25.7 Å². The molecule has 0 amide bonds. The van der Waals surface area contributed by atoms with Gasteiger partial charge >= 0.3 is 0 Å². The van der Waals surface area contributed by atoms with Gasteiger partial charge in [-0.15, -0.1) is 0 Å². The van der Waals surface area contributed by atoms with Crippen molar-refractivity contribution in [1.82, 2.24) is 0 Å². The van der Waals surface area contributed by atoms with Gasteiger partial charge in [0.05, 0.1) is 0 Å². The van der Waals surface area contributed by atoms with Gasteiger partial charge in [0.15, 0.2) is 0 Å². The summed E-state index contributed by atoms with van der Waals surface area (Å²) in [5.41, 5.74) is 0. The van der Waals surface area contributed by atoms with Crippen LogP contribution in [0.15, 0.2) is 0 Å². The molecule has 0 spiro atoms. The van der Waals surface area contributed by atoms with Crippen molar-refractivity contribution in [3.05, 3.63) is 0 Å². The largest absolute Gasteiger partial charge is 0.299 e.